The first-order chi connectivity index (χ1) is 18.1. The van der Waals surface area contributed by atoms with E-state index in [1.54, 1.807) is 0 Å². The number of likely N-dealkylation sites (N-methyl/N-ethyl adjacent to an activating group) is 1. The van der Waals surface area contributed by atoms with Crippen LogP contribution in [-0.2, 0) is 19.6 Å². The molecule has 1 aliphatic rings. The Morgan fingerprint density at radius 2 is 1.49 bits per heavy atom. The predicted octanol–water partition coefficient (Wildman–Crippen LogP) is 3.45. The fourth-order valence-electron chi connectivity index (χ4n) is 5.03. The molecule has 0 unspecified atom stereocenters. The fourth-order valence-corrected chi connectivity index (χ4v) is 5.03. The van der Waals surface area contributed by atoms with Gasteiger partial charge >= 0.3 is 0 Å². The lowest BCUT2D eigenvalue weighted by Gasteiger charge is -2.25. The van der Waals surface area contributed by atoms with Gasteiger partial charge < -0.3 is 19.9 Å². The first kappa shape index (κ1) is 29.3. The number of nitrogens with zero attached hydrogens (tertiary/aromatic N) is 6. The van der Waals surface area contributed by atoms with Gasteiger partial charge in [0.25, 0.3) is 0 Å². The van der Waals surface area contributed by atoms with Gasteiger partial charge in [-0.1, -0.05) is 38.1 Å². The number of hydrogen-bond donors (Lipinski definition) is 2. The molecule has 1 aromatic carbocycles. The molecule has 2 aromatic rings. The van der Waals surface area contributed by atoms with E-state index in [1.807, 2.05) is 12.4 Å². The van der Waals surface area contributed by atoms with Gasteiger partial charge in [0.05, 0.1) is 26.2 Å². The summed E-state index contributed by atoms with van der Waals surface area (Å²) < 4.78 is 0. The molecule has 2 N–H and O–H groups in total. The largest absolute Gasteiger partial charge is 0.395 e. The summed E-state index contributed by atoms with van der Waals surface area (Å²) in [6.07, 6.45) is 8.52. The van der Waals surface area contributed by atoms with Crippen molar-refractivity contribution in [3.05, 3.63) is 53.6 Å². The standard InChI is InChI=1S/C29H49N7O/c1-4-15-34(16-5-2)17-6-7-18-35(20-21-37)22-26-8-10-27(11-9-26)23-36(24-28-30-12-13-31-28)25-29-32-14-19-33(29)3/h8-13,37H,4-7,14-25H2,1-3H3,(H,30,31). The van der Waals surface area contributed by atoms with Gasteiger partial charge in [-0.2, -0.15) is 0 Å². The summed E-state index contributed by atoms with van der Waals surface area (Å²) in [6, 6.07) is 8.98. The van der Waals surface area contributed by atoms with Crippen molar-refractivity contribution in [3.63, 3.8) is 0 Å². The number of H-pyrrole nitrogens is 1. The van der Waals surface area contributed by atoms with Crippen LogP contribution in [0.2, 0.25) is 0 Å². The maximum atomic E-state index is 9.61. The monoisotopic (exact) mass is 511 g/mol. The Labute approximate surface area is 224 Å². The van der Waals surface area contributed by atoms with Gasteiger partial charge in [-0.3, -0.25) is 14.8 Å². The van der Waals surface area contributed by atoms with Crippen molar-refractivity contribution in [2.75, 3.05) is 66.0 Å². The SMILES string of the molecule is CCCN(CCC)CCCCN(CCO)Cc1ccc(CN(CC2=NCCN2C)Cc2ncc[nH]2)cc1. The lowest BCUT2D eigenvalue weighted by molar-refractivity contribution is 0.183. The molecule has 0 bridgehead atoms. The Morgan fingerprint density at radius 1 is 0.838 bits per heavy atom. The highest BCUT2D eigenvalue weighted by molar-refractivity contribution is 5.85. The van der Waals surface area contributed by atoms with Crippen molar-refractivity contribution < 1.29 is 5.11 Å². The van der Waals surface area contributed by atoms with Crippen LogP contribution in [0.25, 0.3) is 0 Å². The Hall–Kier alpha value is -2.26. The Morgan fingerprint density at radius 3 is 2.03 bits per heavy atom. The number of unbranched alkanes of at least 4 members (excludes halogenated alkanes) is 1. The fraction of sp³-hybridized carbons (Fsp3) is 0.655. The van der Waals surface area contributed by atoms with Crippen LogP contribution in [0.5, 0.6) is 0 Å². The zero-order valence-electron chi connectivity index (χ0n) is 23.4. The number of benzene rings is 1. The molecule has 206 valence electrons. The van der Waals surface area contributed by atoms with E-state index in [9.17, 15) is 5.11 Å². The second-order valence-corrected chi connectivity index (χ2v) is 10.3. The number of amidine groups is 1. The zero-order chi connectivity index (χ0) is 26.3. The van der Waals surface area contributed by atoms with Crippen molar-refractivity contribution in [1.82, 2.24) is 29.6 Å². The van der Waals surface area contributed by atoms with Crippen molar-refractivity contribution in [2.24, 2.45) is 4.99 Å². The average molecular weight is 512 g/mol. The van der Waals surface area contributed by atoms with Crippen LogP contribution in [0.4, 0.5) is 0 Å². The molecule has 0 spiro atoms. The molecular weight excluding hydrogens is 462 g/mol. The highest BCUT2D eigenvalue weighted by Gasteiger charge is 2.18. The quantitative estimate of drug-likeness (QED) is 0.282. The maximum Gasteiger partial charge on any atom is 0.120 e. The average Bonchev–Trinajstić information content (AvgIpc) is 3.55. The second-order valence-electron chi connectivity index (χ2n) is 10.3. The highest BCUT2D eigenvalue weighted by Crippen LogP contribution is 2.13. The van der Waals surface area contributed by atoms with E-state index in [0.29, 0.717) is 0 Å². The molecule has 0 amide bonds. The van der Waals surface area contributed by atoms with Crippen molar-refractivity contribution in [3.8, 4) is 0 Å². The summed E-state index contributed by atoms with van der Waals surface area (Å²) in [5.41, 5.74) is 2.59. The van der Waals surface area contributed by atoms with Crippen molar-refractivity contribution in [2.45, 2.75) is 59.2 Å². The van der Waals surface area contributed by atoms with Gasteiger partial charge in [-0.05, 0) is 63.0 Å². The van der Waals surface area contributed by atoms with Crippen LogP contribution >= 0.6 is 0 Å². The van der Waals surface area contributed by atoms with E-state index in [1.165, 1.54) is 56.4 Å². The number of imidazole rings is 1. The van der Waals surface area contributed by atoms with Gasteiger partial charge in [0.15, 0.2) is 0 Å². The summed E-state index contributed by atoms with van der Waals surface area (Å²) >= 11 is 0. The molecule has 0 radical (unpaired) electrons. The number of aromatic nitrogens is 2. The lowest BCUT2D eigenvalue weighted by Crippen LogP contribution is -2.36. The first-order valence-corrected chi connectivity index (χ1v) is 14.2. The third-order valence-corrected chi connectivity index (χ3v) is 6.99. The molecular formula is C29H49N7O. The topological polar surface area (TPSA) is 74.2 Å². The second kappa shape index (κ2) is 16.6. The van der Waals surface area contributed by atoms with Crippen LogP contribution < -0.4 is 0 Å². The molecule has 37 heavy (non-hydrogen) atoms. The van der Waals surface area contributed by atoms with Gasteiger partial charge in [0.2, 0.25) is 0 Å². The summed E-state index contributed by atoms with van der Waals surface area (Å²) in [7, 11) is 2.12. The molecule has 2 heterocycles. The summed E-state index contributed by atoms with van der Waals surface area (Å²) in [5, 5.41) is 9.61. The third kappa shape index (κ3) is 10.6. The number of hydrogen-bond acceptors (Lipinski definition) is 7. The molecule has 0 saturated carbocycles. The van der Waals surface area contributed by atoms with E-state index < -0.39 is 0 Å². The van der Waals surface area contributed by atoms with Crippen LogP contribution in [0.15, 0.2) is 41.7 Å². The maximum absolute atomic E-state index is 9.61. The Kier molecular flexibility index (Phi) is 13.1. The summed E-state index contributed by atoms with van der Waals surface area (Å²) in [4.78, 5) is 22.0. The van der Waals surface area contributed by atoms with Crippen LogP contribution in [0.1, 0.15) is 56.5 Å². The normalized spacial score (nSPS) is 13.9. The van der Waals surface area contributed by atoms with Crippen molar-refractivity contribution >= 4 is 5.84 Å². The molecule has 0 fully saturated rings. The summed E-state index contributed by atoms with van der Waals surface area (Å²) in [6.45, 7) is 15.2. The molecule has 1 aromatic heterocycles. The number of rotatable bonds is 19. The van der Waals surface area contributed by atoms with E-state index >= 15 is 0 Å². The zero-order valence-corrected chi connectivity index (χ0v) is 23.4. The van der Waals surface area contributed by atoms with Crippen LogP contribution in [-0.4, -0.2) is 107 Å². The Bertz CT molecular complexity index is 878. The lowest BCUT2D eigenvalue weighted by atomic mass is 10.1. The first-order valence-electron chi connectivity index (χ1n) is 14.2. The molecule has 1 aliphatic heterocycles. The minimum absolute atomic E-state index is 0.204. The minimum Gasteiger partial charge on any atom is -0.395 e. The van der Waals surface area contributed by atoms with Gasteiger partial charge in [0.1, 0.15) is 11.7 Å². The van der Waals surface area contributed by atoms with Gasteiger partial charge in [-0.25, -0.2) is 4.98 Å². The van der Waals surface area contributed by atoms with E-state index in [0.717, 1.165) is 64.0 Å². The minimum atomic E-state index is 0.204. The molecule has 0 saturated heterocycles. The number of aliphatic hydroxyl groups is 1. The van der Waals surface area contributed by atoms with Gasteiger partial charge in [0, 0.05) is 45.6 Å². The predicted molar refractivity (Wildman–Crippen MR) is 153 cm³/mol. The van der Waals surface area contributed by atoms with Crippen LogP contribution in [0, 0.1) is 0 Å². The smallest absolute Gasteiger partial charge is 0.120 e. The summed E-state index contributed by atoms with van der Waals surface area (Å²) in [5.74, 6) is 2.13. The van der Waals surface area contributed by atoms with Crippen molar-refractivity contribution in [1.29, 1.82) is 0 Å². The van der Waals surface area contributed by atoms with Gasteiger partial charge in [-0.15, -0.1) is 0 Å². The van der Waals surface area contributed by atoms with E-state index in [2.05, 4.69) is 74.7 Å². The Balaban J connectivity index is 1.51. The van der Waals surface area contributed by atoms with E-state index in [-0.39, 0.29) is 6.61 Å². The number of aliphatic hydroxyl groups excluding tert-OH is 1. The third-order valence-electron chi connectivity index (χ3n) is 6.99. The molecule has 8 heteroatoms. The van der Waals surface area contributed by atoms with E-state index in [4.69, 9.17) is 4.99 Å². The highest BCUT2D eigenvalue weighted by atomic mass is 16.3. The molecule has 8 nitrogen and oxygen atoms in total. The van der Waals surface area contributed by atoms with Crippen LogP contribution in [0.3, 0.4) is 0 Å². The number of nitrogens with one attached hydrogen (secondary N) is 1. The number of aromatic amines is 1. The number of aliphatic imine (C=N–C) groups is 1. The molecule has 3 rings (SSSR count). The molecule has 0 atom stereocenters. The molecule has 0 aliphatic carbocycles.